The Bertz CT molecular complexity index is 595. The molecule has 0 spiro atoms. The number of amides is 1. The van der Waals surface area contributed by atoms with E-state index in [4.69, 9.17) is 4.52 Å². The zero-order valence-electron chi connectivity index (χ0n) is 12.0. The van der Waals surface area contributed by atoms with Gasteiger partial charge in [-0.25, -0.2) is 4.39 Å². The minimum absolute atomic E-state index is 0.173. The molecule has 112 valence electrons. The number of aryl methyl sites for hydroxylation is 1. The van der Waals surface area contributed by atoms with Gasteiger partial charge in [-0.2, -0.15) is 0 Å². The average Bonchev–Trinajstić information content (AvgIpc) is 2.87. The van der Waals surface area contributed by atoms with Crippen LogP contribution in [-0.4, -0.2) is 17.1 Å². The van der Waals surface area contributed by atoms with E-state index in [0.29, 0.717) is 24.5 Å². The molecule has 0 fully saturated rings. The summed E-state index contributed by atoms with van der Waals surface area (Å²) in [6.45, 7) is 4.16. The van der Waals surface area contributed by atoms with Gasteiger partial charge >= 0.3 is 0 Å². The molecule has 1 atom stereocenters. The highest BCUT2D eigenvalue weighted by atomic mass is 19.1. The molecule has 21 heavy (non-hydrogen) atoms. The van der Waals surface area contributed by atoms with E-state index in [1.165, 1.54) is 12.1 Å². The van der Waals surface area contributed by atoms with Crippen molar-refractivity contribution in [3.8, 4) is 0 Å². The number of carbonyl (C=O) groups is 1. The summed E-state index contributed by atoms with van der Waals surface area (Å²) in [4.78, 5) is 12.1. The van der Waals surface area contributed by atoms with Crippen molar-refractivity contribution in [2.75, 3.05) is 5.32 Å². The molecule has 0 radical (unpaired) electrons. The Kier molecular flexibility index (Phi) is 5.05. The SMILES string of the molecule is CCC(NCc1ccc(F)cc1)C(=O)Nc1cc(C)on1. The number of nitrogens with one attached hydrogen (secondary N) is 2. The van der Waals surface area contributed by atoms with Crippen LogP contribution in [0.2, 0.25) is 0 Å². The van der Waals surface area contributed by atoms with Gasteiger partial charge in [-0.05, 0) is 31.0 Å². The van der Waals surface area contributed by atoms with E-state index in [9.17, 15) is 9.18 Å². The van der Waals surface area contributed by atoms with Crippen LogP contribution in [0.1, 0.15) is 24.7 Å². The largest absolute Gasteiger partial charge is 0.360 e. The fourth-order valence-corrected chi connectivity index (χ4v) is 1.90. The van der Waals surface area contributed by atoms with Gasteiger partial charge in [-0.1, -0.05) is 24.2 Å². The second kappa shape index (κ2) is 6.99. The monoisotopic (exact) mass is 291 g/mol. The number of rotatable bonds is 6. The van der Waals surface area contributed by atoms with Crippen molar-refractivity contribution < 1.29 is 13.7 Å². The number of anilines is 1. The lowest BCUT2D eigenvalue weighted by Gasteiger charge is -2.15. The first kappa shape index (κ1) is 15.2. The lowest BCUT2D eigenvalue weighted by Crippen LogP contribution is -2.39. The fraction of sp³-hybridized carbons (Fsp3) is 0.333. The Labute approximate surface area is 122 Å². The fourth-order valence-electron chi connectivity index (χ4n) is 1.90. The third kappa shape index (κ3) is 4.39. The smallest absolute Gasteiger partial charge is 0.242 e. The van der Waals surface area contributed by atoms with Gasteiger partial charge in [0.1, 0.15) is 11.6 Å². The van der Waals surface area contributed by atoms with Crippen LogP contribution < -0.4 is 10.6 Å². The van der Waals surface area contributed by atoms with Crippen molar-refractivity contribution in [2.45, 2.75) is 32.9 Å². The Morgan fingerprint density at radius 2 is 2.10 bits per heavy atom. The van der Waals surface area contributed by atoms with E-state index in [-0.39, 0.29) is 17.8 Å². The normalized spacial score (nSPS) is 12.1. The Balaban J connectivity index is 1.89. The minimum Gasteiger partial charge on any atom is -0.360 e. The van der Waals surface area contributed by atoms with Gasteiger partial charge in [0.15, 0.2) is 5.82 Å². The molecule has 0 aliphatic carbocycles. The summed E-state index contributed by atoms with van der Waals surface area (Å²) in [6, 6.07) is 7.48. The summed E-state index contributed by atoms with van der Waals surface area (Å²) in [5.74, 6) is 0.593. The third-order valence-electron chi connectivity index (χ3n) is 3.07. The van der Waals surface area contributed by atoms with Crippen LogP contribution in [-0.2, 0) is 11.3 Å². The number of hydrogen-bond acceptors (Lipinski definition) is 4. The van der Waals surface area contributed by atoms with E-state index in [0.717, 1.165) is 5.56 Å². The number of hydrogen-bond donors (Lipinski definition) is 2. The van der Waals surface area contributed by atoms with Crippen LogP contribution in [0.4, 0.5) is 10.2 Å². The highest BCUT2D eigenvalue weighted by molar-refractivity contribution is 5.93. The van der Waals surface area contributed by atoms with Crippen LogP contribution in [0.25, 0.3) is 0 Å². The minimum atomic E-state index is -0.355. The number of benzene rings is 1. The molecular formula is C15H18FN3O2. The second-order valence-corrected chi connectivity index (χ2v) is 4.78. The van der Waals surface area contributed by atoms with Gasteiger partial charge in [0.2, 0.25) is 5.91 Å². The number of halogens is 1. The van der Waals surface area contributed by atoms with E-state index in [1.807, 2.05) is 6.92 Å². The quantitative estimate of drug-likeness (QED) is 0.858. The molecule has 0 aliphatic rings. The molecule has 1 unspecified atom stereocenters. The van der Waals surface area contributed by atoms with Gasteiger partial charge in [0, 0.05) is 12.6 Å². The summed E-state index contributed by atoms with van der Waals surface area (Å²) in [5.41, 5.74) is 0.917. The van der Waals surface area contributed by atoms with Crippen LogP contribution in [0, 0.1) is 12.7 Å². The first-order valence-corrected chi connectivity index (χ1v) is 6.80. The number of carbonyl (C=O) groups excluding carboxylic acids is 1. The molecular weight excluding hydrogens is 273 g/mol. The molecule has 2 aromatic rings. The van der Waals surface area contributed by atoms with Crippen molar-refractivity contribution in [2.24, 2.45) is 0 Å². The Hall–Kier alpha value is -2.21. The van der Waals surface area contributed by atoms with Crippen molar-refractivity contribution in [3.63, 3.8) is 0 Å². The first-order chi connectivity index (χ1) is 10.1. The van der Waals surface area contributed by atoms with Crippen LogP contribution in [0.3, 0.4) is 0 Å². The maximum atomic E-state index is 12.8. The molecule has 2 rings (SSSR count). The van der Waals surface area contributed by atoms with Crippen molar-refractivity contribution >= 4 is 11.7 Å². The van der Waals surface area contributed by atoms with Crippen LogP contribution >= 0.6 is 0 Å². The molecule has 0 bridgehead atoms. The molecule has 5 nitrogen and oxygen atoms in total. The van der Waals surface area contributed by atoms with Crippen LogP contribution in [0.5, 0.6) is 0 Å². The summed E-state index contributed by atoms with van der Waals surface area (Å²) >= 11 is 0. The zero-order valence-corrected chi connectivity index (χ0v) is 12.0. The first-order valence-electron chi connectivity index (χ1n) is 6.80. The Morgan fingerprint density at radius 3 is 2.67 bits per heavy atom. The van der Waals surface area contributed by atoms with Crippen molar-refractivity contribution in [1.29, 1.82) is 0 Å². The molecule has 2 N–H and O–H groups in total. The maximum absolute atomic E-state index is 12.8. The second-order valence-electron chi connectivity index (χ2n) is 4.78. The van der Waals surface area contributed by atoms with Crippen molar-refractivity contribution in [1.82, 2.24) is 10.5 Å². The van der Waals surface area contributed by atoms with Gasteiger partial charge in [-0.15, -0.1) is 0 Å². The number of nitrogens with zero attached hydrogens (tertiary/aromatic N) is 1. The lowest BCUT2D eigenvalue weighted by molar-refractivity contribution is -0.118. The topological polar surface area (TPSA) is 67.2 Å². The third-order valence-corrected chi connectivity index (χ3v) is 3.07. The van der Waals surface area contributed by atoms with E-state index in [1.54, 1.807) is 25.1 Å². The Morgan fingerprint density at radius 1 is 1.38 bits per heavy atom. The molecule has 1 aromatic heterocycles. The summed E-state index contributed by atoms with van der Waals surface area (Å²) < 4.78 is 17.7. The molecule has 1 heterocycles. The predicted octanol–water partition coefficient (Wildman–Crippen LogP) is 2.63. The standard InChI is InChI=1S/C15H18FN3O2/c1-3-13(15(20)18-14-8-10(2)21-19-14)17-9-11-4-6-12(16)7-5-11/h4-8,13,17H,3,9H2,1-2H3,(H,18,19,20). The number of aromatic nitrogens is 1. The molecule has 0 aliphatic heterocycles. The summed E-state index contributed by atoms with van der Waals surface area (Å²) in [6.07, 6.45) is 0.629. The van der Waals surface area contributed by atoms with Gasteiger partial charge < -0.3 is 15.2 Å². The zero-order chi connectivity index (χ0) is 15.2. The summed E-state index contributed by atoms with van der Waals surface area (Å²) in [5, 5.41) is 9.56. The average molecular weight is 291 g/mol. The highest BCUT2D eigenvalue weighted by Gasteiger charge is 2.17. The van der Waals surface area contributed by atoms with E-state index < -0.39 is 0 Å². The molecule has 6 heteroatoms. The molecule has 0 saturated heterocycles. The van der Waals surface area contributed by atoms with E-state index >= 15 is 0 Å². The predicted molar refractivity (Wildman–Crippen MR) is 77.2 cm³/mol. The van der Waals surface area contributed by atoms with Crippen molar-refractivity contribution in [3.05, 3.63) is 47.5 Å². The van der Waals surface area contributed by atoms with E-state index in [2.05, 4.69) is 15.8 Å². The highest BCUT2D eigenvalue weighted by Crippen LogP contribution is 2.09. The van der Waals surface area contributed by atoms with Gasteiger partial charge in [0.25, 0.3) is 0 Å². The lowest BCUT2D eigenvalue weighted by atomic mass is 10.1. The van der Waals surface area contributed by atoms with Gasteiger partial charge in [-0.3, -0.25) is 4.79 Å². The van der Waals surface area contributed by atoms with Gasteiger partial charge in [0.05, 0.1) is 6.04 Å². The summed E-state index contributed by atoms with van der Waals surface area (Å²) in [7, 11) is 0. The molecule has 1 amide bonds. The molecule has 0 saturated carbocycles. The maximum Gasteiger partial charge on any atom is 0.242 e. The molecule has 1 aromatic carbocycles. The van der Waals surface area contributed by atoms with Crippen LogP contribution in [0.15, 0.2) is 34.9 Å².